The minimum atomic E-state index is -0.238. The van der Waals surface area contributed by atoms with Gasteiger partial charge in [0.2, 0.25) is 0 Å². The van der Waals surface area contributed by atoms with Crippen molar-refractivity contribution < 1.29 is 19.0 Å². The number of hydrogen-bond donors (Lipinski definition) is 1. The van der Waals surface area contributed by atoms with Gasteiger partial charge in [-0.2, -0.15) is 0 Å². The highest BCUT2D eigenvalue weighted by Gasteiger charge is 2.11. The first-order chi connectivity index (χ1) is 11.6. The molecule has 5 nitrogen and oxygen atoms in total. The largest absolute Gasteiger partial charge is 0.493 e. The predicted molar refractivity (Wildman–Crippen MR) is 97.3 cm³/mol. The predicted octanol–water partition coefficient (Wildman–Crippen LogP) is 4.28. The number of ether oxygens (including phenoxy) is 3. The maximum atomic E-state index is 12.4. The van der Waals surface area contributed by atoms with E-state index in [1.165, 1.54) is 0 Å². The molecule has 1 N–H and O–H groups in total. The van der Waals surface area contributed by atoms with Crippen molar-refractivity contribution in [3.05, 3.63) is 59.1 Å². The zero-order valence-electron chi connectivity index (χ0n) is 13.5. The van der Waals surface area contributed by atoms with E-state index in [4.69, 9.17) is 14.2 Å². The van der Waals surface area contributed by atoms with E-state index in [2.05, 4.69) is 27.8 Å². The molecule has 0 bridgehead atoms. The molecule has 0 atom stereocenters. The van der Waals surface area contributed by atoms with Crippen LogP contribution in [0.15, 0.2) is 53.5 Å². The second-order valence-corrected chi connectivity index (χ2v) is 5.62. The van der Waals surface area contributed by atoms with Crippen LogP contribution in [0.25, 0.3) is 0 Å². The fourth-order valence-corrected chi connectivity index (χ4v) is 2.52. The summed E-state index contributed by atoms with van der Waals surface area (Å²) in [5.74, 6) is 1.56. The molecule has 0 aliphatic heterocycles. The molecule has 0 radical (unpaired) electrons. The van der Waals surface area contributed by atoms with Crippen molar-refractivity contribution in [2.24, 2.45) is 0 Å². The number of methoxy groups -OCH3 is 2. The molecule has 0 aromatic heterocycles. The van der Waals surface area contributed by atoms with Crippen LogP contribution in [0.5, 0.6) is 17.2 Å². The van der Waals surface area contributed by atoms with E-state index in [1.807, 2.05) is 0 Å². The summed E-state index contributed by atoms with van der Waals surface area (Å²) in [6.07, 6.45) is 1.66. The van der Waals surface area contributed by atoms with Gasteiger partial charge in [-0.15, -0.1) is 0 Å². The van der Waals surface area contributed by atoms with Gasteiger partial charge in [0.25, 0.3) is 5.91 Å². The van der Waals surface area contributed by atoms with E-state index >= 15 is 0 Å². The van der Waals surface area contributed by atoms with E-state index in [9.17, 15) is 4.79 Å². The zero-order valence-corrected chi connectivity index (χ0v) is 15.1. The van der Waals surface area contributed by atoms with Gasteiger partial charge in [-0.05, 0) is 46.3 Å². The Morgan fingerprint density at radius 1 is 1.12 bits per heavy atom. The number of hydrogen-bond acceptors (Lipinski definition) is 4. The Bertz CT molecular complexity index is 746. The van der Waals surface area contributed by atoms with Crippen molar-refractivity contribution in [1.82, 2.24) is 0 Å². The van der Waals surface area contributed by atoms with E-state index in [1.54, 1.807) is 56.7 Å². The Labute approximate surface area is 149 Å². The highest BCUT2D eigenvalue weighted by Crippen LogP contribution is 2.30. The highest BCUT2D eigenvalue weighted by atomic mass is 79.9. The molecule has 6 heteroatoms. The van der Waals surface area contributed by atoms with Gasteiger partial charge in [-0.3, -0.25) is 4.79 Å². The molecule has 24 heavy (non-hydrogen) atoms. The standard InChI is InChI=1S/C18H18BrNO4/c1-4-9-24-15-7-5-12(10-14(15)19)18(21)20-13-6-8-16(22-2)17(11-13)23-3/h4-8,10-11H,1,9H2,2-3H3,(H,20,21). The van der Waals surface area contributed by atoms with Crippen molar-refractivity contribution in [3.63, 3.8) is 0 Å². The van der Waals surface area contributed by atoms with Crippen LogP contribution in [-0.4, -0.2) is 26.7 Å². The normalized spacial score (nSPS) is 9.96. The van der Waals surface area contributed by atoms with E-state index < -0.39 is 0 Å². The Morgan fingerprint density at radius 3 is 2.46 bits per heavy atom. The fourth-order valence-electron chi connectivity index (χ4n) is 2.03. The molecule has 126 valence electrons. The molecule has 2 aromatic rings. The SMILES string of the molecule is C=CCOc1ccc(C(=O)Nc2ccc(OC)c(OC)c2)cc1Br. The lowest BCUT2D eigenvalue weighted by Gasteiger charge is -2.11. The number of halogens is 1. The number of carbonyl (C=O) groups excluding carboxylic acids is 1. The number of anilines is 1. The summed E-state index contributed by atoms with van der Waals surface area (Å²) in [7, 11) is 3.10. The zero-order chi connectivity index (χ0) is 17.5. The molecule has 0 saturated carbocycles. The van der Waals surface area contributed by atoms with Crippen molar-refractivity contribution >= 4 is 27.5 Å². The van der Waals surface area contributed by atoms with Crippen LogP contribution in [0.3, 0.4) is 0 Å². The topological polar surface area (TPSA) is 56.8 Å². The second kappa shape index (κ2) is 8.40. The first-order valence-electron chi connectivity index (χ1n) is 7.15. The number of nitrogens with one attached hydrogen (secondary N) is 1. The van der Waals surface area contributed by atoms with Crippen LogP contribution in [-0.2, 0) is 0 Å². The summed E-state index contributed by atoms with van der Waals surface area (Å²) < 4.78 is 16.6. The summed E-state index contributed by atoms with van der Waals surface area (Å²) in [5, 5.41) is 2.82. The molecule has 1 amide bonds. The summed E-state index contributed by atoms with van der Waals surface area (Å²) in [6, 6.07) is 10.3. The van der Waals surface area contributed by atoms with E-state index in [0.29, 0.717) is 39.6 Å². The maximum absolute atomic E-state index is 12.4. The van der Waals surface area contributed by atoms with E-state index in [-0.39, 0.29) is 5.91 Å². The Kier molecular flexibility index (Phi) is 6.26. The number of carbonyl (C=O) groups is 1. The molecule has 0 heterocycles. The van der Waals surface area contributed by atoms with Crippen molar-refractivity contribution in [2.75, 3.05) is 26.1 Å². The van der Waals surface area contributed by atoms with Gasteiger partial charge in [0.1, 0.15) is 12.4 Å². The van der Waals surface area contributed by atoms with Gasteiger partial charge in [0.05, 0.1) is 18.7 Å². The lowest BCUT2D eigenvalue weighted by molar-refractivity contribution is 0.102. The lowest BCUT2D eigenvalue weighted by atomic mass is 10.2. The maximum Gasteiger partial charge on any atom is 0.255 e. The fraction of sp³-hybridized carbons (Fsp3) is 0.167. The molecule has 0 aliphatic rings. The molecule has 0 aliphatic carbocycles. The van der Waals surface area contributed by atoms with Gasteiger partial charge in [-0.1, -0.05) is 12.7 Å². The Hall–Kier alpha value is -2.47. The average Bonchev–Trinajstić information content (AvgIpc) is 2.60. The van der Waals surface area contributed by atoms with Crippen LogP contribution in [0, 0.1) is 0 Å². The van der Waals surface area contributed by atoms with Crippen molar-refractivity contribution in [2.45, 2.75) is 0 Å². The average molecular weight is 392 g/mol. The van der Waals surface area contributed by atoms with Gasteiger partial charge >= 0.3 is 0 Å². The van der Waals surface area contributed by atoms with Crippen LogP contribution in [0.2, 0.25) is 0 Å². The third-order valence-corrected chi connectivity index (χ3v) is 3.81. The van der Waals surface area contributed by atoms with Crippen LogP contribution in [0.1, 0.15) is 10.4 Å². The van der Waals surface area contributed by atoms with Gasteiger partial charge in [0.15, 0.2) is 11.5 Å². The number of rotatable bonds is 7. The minimum absolute atomic E-state index is 0.238. The molecule has 0 spiro atoms. The molecule has 0 unspecified atom stereocenters. The van der Waals surface area contributed by atoms with Crippen molar-refractivity contribution in [3.8, 4) is 17.2 Å². The second-order valence-electron chi connectivity index (χ2n) is 4.77. The number of amides is 1. The molecular formula is C18H18BrNO4. The van der Waals surface area contributed by atoms with Crippen molar-refractivity contribution in [1.29, 1.82) is 0 Å². The van der Waals surface area contributed by atoms with Crippen LogP contribution >= 0.6 is 15.9 Å². The third kappa shape index (κ3) is 4.29. The Balaban J connectivity index is 2.15. The lowest BCUT2D eigenvalue weighted by Crippen LogP contribution is -2.12. The summed E-state index contributed by atoms with van der Waals surface area (Å²) in [6.45, 7) is 4.00. The molecule has 2 rings (SSSR count). The summed E-state index contributed by atoms with van der Waals surface area (Å²) in [5.41, 5.74) is 1.11. The molecular weight excluding hydrogens is 374 g/mol. The summed E-state index contributed by atoms with van der Waals surface area (Å²) in [4.78, 5) is 12.4. The summed E-state index contributed by atoms with van der Waals surface area (Å²) >= 11 is 3.40. The first-order valence-corrected chi connectivity index (χ1v) is 7.95. The van der Waals surface area contributed by atoms with Gasteiger partial charge < -0.3 is 19.5 Å². The molecule has 0 fully saturated rings. The highest BCUT2D eigenvalue weighted by molar-refractivity contribution is 9.10. The third-order valence-electron chi connectivity index (χ3n) is 3.19. The molecule has 0 saturated heterocycles. The minimum Gasteiger partial charge on any atom is -0.493 e. The quantitative estimate of drug-likeness (QED) is 0.715. The smallest absolute Gasteiger partial charge is 0.255 e. The monoisotopic (exact) mass is 391 g/mol. The molecule has 2 aromatic carbocycles. The first kappa shape index (κ1) is 17.9. The van der Waals surface area contributed by atoms with Crippen LogP contribution in [0.4, 0.5) is 5.69 Å². The number of benzene rings is 2. The van der Waals surface area contributed by atoms with Gasteiger partial charge in [-0.25, -0.2) is 0 Å². The van der Waals surface area contributed by atoms with Gasteiger partial charge in [0, 0.05) is 17.3 Å². The van der Waals surface area contributed by atoms with Crippen LogP contribution < -0.4 is 19.5 Å². The van der Waals surface area contributed by atoms with E-state index in [0.717, 1.165) is 0 Å². The Morgan fingerprint density at radius 2 is 1.83 bits per heavy atom.